The molecule has 0 saturated heterocycles. The fourth-order valence-electron chi connectivity index (χ4n) is 2.22. The van der Waals surface area contributed by atoms with Crippen molar-refractivity contribution < 1.29 is 0 Å². The largest absolute Gasteiger partial charge is 0.0885 e. The zero-order valence-corrected chi connectivity index (χ0v) is 12.2. The quantitative estimate of drug-likeness (QED) is 0.334. The molecule has 0 rings (SSSR count). The molecule has 0 bridgehead atoms. The standard InChI is InChI=1S/C16H32/c1-6-8-9-10-11-12-13-16(4,5)14-15(3)7-2/h10-11,15H,6-9,12-14H2,1-5H3. The Morgan fingerprint density at radius 2 is 1.69 bits per heavy atom. The van der Waals surface area contributed by atoms with Crippen LogP contribution in [0.25, 0.3) is 0 Å². The molecule has 0 fully saturated rings. The zero-order chi connectivity index (χ0) is 12.4. The third-order valence-electron chi connectivity index (χ3n) is 3.48. The fraction of sp³-hybridized carbons (Fsp3) is 0.875. The molecule has 0 amide bonds. The van der Waals surface area contributed by atoms with E-state index in [1.165, 1.54) is 44.9 Å². The Hall–Kier alpha value is -0.260. The van der Waals surface area contributed by atoms with Gasteiger partial charge in [0.2, 0.25) is 0 Å². The molecule has 0 radical (unpaired) electrons. The van der Waals surface area contributed by atoms with Crippen molar-refractivity contribution in [3.05, 3.63) is 12.2 Å². The number of rotatable bonds is 9. The molecule has 0 aromatic heterocycles. The summed E-state index contributed by atoms with van der Waals surface area (Å²) in [6, 6.07) is 0. The van der Waals surface area contributed by atoms with Gasteiger partial charge in [0, 0.05) is 0 Å². The topological polar surface area (TPSA) is 0 Å². The first-order valence-corrected chi connectivity index (χ1v) is 7.16. The van der Waals surface area contributed by atoms with Gasteiger partial charge in [0.15, 0.2) is 0 Å². The van der Waals surface area contributed by atoms with E-state index in [4.69, 9.17) is 0 Å². The lowest BCUT2D eigenvalue weighted by molar-refractivity contribution is 0.255. The highest BCUT2D eigenvalue weighted by molar-refractivity contribution is 4.84. The molecule has 1 atom stereocenters. The van der Waals surface area contributed by atoms with Gasteiger partial charge < -0.3 is 0 Å². The lowest BCUT2D eigenvalue weighted by Gasteiger charge is -2.27. The van der Waals surface area contributed by atoms with Crippen LogP contribution in [-0.2, 0) is 0 Å². The van der Waals surface area contributed by atoms with Gasteiger partial charge in [-0.25, -0.2) is 0 Å². The van der Waals surface area contributed by atoms with Gasteiger partial charge in [-0.15, -0.1) is 0 Å². The van der Waals surface area contributed by atoms with Crippen LogP contribution in [0.5, 0.6) is 0 Å². The molecule has 0 aromatic carbocycles. The van der Waals surface area contributed by atoms with E-state index in [2.05, 4.69) is 46.8 Å². The van der Waals surface area contributed by atoms with E-state index < -0.39 is 0 Å². The van der Waals surface area contributed by atoms with Gasteiger partial charge in [-0.1, -0.05) is 66.0 Å². The molecule has 0 aliphatic rings. The van der Waals surface area contributed by atoms with Crippen LogP contribution >= 0.6 is 0 Å². The molecule has 96 valence electrons. The van der Waals surface area contributed by atoms with Crippen molar-refractivity contribution in [3.63, 3.8) is 0 Å². The van der Waals surface area contributed by atoms with Gasteiger partial charge >= 0.3 is 0 Å². The smallest absolute Gasteiger partial charge is 0.0346 e. The van der Waals surface area contributed by atoms with Crippen LogP contribution < -0.4 is 0 Å². The van der Waals surface area contributed by atoms with E-state index in [-0.39, 0.29) is 0 Å². The van der Waals surface area contributed by atoms with Crippen molar-refractivity contribution in [1.29, 1.82) is 0 Å². The maximum atomic E-state index is 2.42. The maximum Gasteiger partial charge on any atom is -0.0346 e. The molecule has 16 heavy (non-hydrogen) atoms. The number of hydrogen-bond acceptors (Lipinski definition) is 0. The third-order valence-corrected chi connectivity index (χ3v) is 3.48. The number of allylic oxidation sites excluding steroid dienone is 2. The molecule has 0 nitrogen and oxygen atoms in total. The Morgan fingerprint density at radius 1 is 1.06 bits per heavy atom. The highest BCUT2D eigenvalue weighted by Crippen LogP contribution is 2.31. The molecule has 0 N–H and O–H groups in total. The molecule has 0 heteroatoms. The van der Waals surface area contributed by atoms with E-state index in [9.17, 15) is 0 Å². The fourth-order valence-corrected chi connectivity index (χ4v) is 2.22. The molecule has 0 heterocycles. The maximum absolute atomic E-state index is 2.42. The van der Waals surface area contributed by atoms with Crippen LogP contribution in [-0.4, -0.2) is 0 Å². The van der Waals surface area contributed by atoms with Gasteiger partial charge in [0.05, 0.1) is 0 Å². The average Bonchev–Trinajstić information content (AvgIpc) is 2.22. The summed E-state index contributed by atoms with van der Waals surface area (Å²) in [6.07, 6.45) is 13.9. The first-order valence-electron chi connectivity index (χ1n) is 7.16. The molecule has 0 spiro atoms. The summed E-state index contributed by atoms with van der Waals surface area (Å²) < 4.78 is 0. The highest BCUT2D eigenvalue weighted by Gasteiger charge is 2.19. The summed E-state index contributed by atoms with van der Waals surface area (Å²) in [5.41, 5.74) is 0.518. The van der Waals surface area contributed by atoms with Crippen LogP contribution in [0.3, 0.4) is 0 Å². The molecular formula is C16H32. The molecule has 0 aliphatic heterocycles. The lowest BCUT2D eigenvalue weighted by atomic mass is 9.79. The monoisotopic (exact) mass is 224 g/mol. The van der Waals surface area contributed by atoms with Gasteiger partial charge in [-0.2, -0.15) is 0 Å². The third kappa shape index (κ3) is 9.00. The van der Waals surface area contributed by atoms with Crippen molar-refractivity contribution in [2.24, 2.45) is 11.3 Å². The van der Waals surface area contributed by atoms with Gasteiger partial charge in [0.25, 0.3) is 0 Å². The second kappa shape index (κ2) is 8.84. The number of unbranched alkanes of at least 4 members (excludes halogenated alkanes) is 2. The molecule has 0 aromatic rings. The van der Waals surface area contributed by atoms with Gasteiger partial charge in [-0.05, 0) is 37.0 Å². The normalized spacial score (nSPS) is 14.6. The predicted molar refractivity (Wildman–Crippen MR) is 75.8 cm³/mol. The summed E-state index contributed by atoms with van der Waals surface area (Å²) in [7, 11) is 0. The van der Waals surface area contributed by atoms with Gasteiger partial charge in [-0.3, -0.25) is 0 Å². The van der Waals surface area contributed by atoms with E-state index in [0.717, 1.165) is 5.92 Å². The summed E-state index contributed by atoms with van der Waals surface area (Å²) in [5.74, 6) is 0.874. The van der Waals surface area contributed by atoms with E-state index >= 15 is 0 Å². The summed E-state index contributed by atoms with van der Waals surface area (Å²) >= 11 is 0. The van der Waals surface area contributed by atoms with Crippen LogP contribution in [0.4, 0.5) is 0 Å². The minimum absolute atomic E-state index is 0.518. The van der Waals surface area contributed by atoms with Crippen LogP contribution in [0.1, 0.15) is 79.6 Å². The summed E-state index contributed by atoms with van der Waals surface area (Å²) in [4.78, 5) is 0. The van der Waals surface area contributed by atoms with Crippen molar-refractivity contribution in [2.75, 3.05) is 0 Å². The Balaban J connectivity index is 3.68. The SMILES string of the molecule is CCCCC=CCCC(C)(C)CC(C)CC. The zero-order valence-electron chi connectivity index (χ0n) is 12.2. The Bertz CT molecular complexity index is 176. The van der Waals surface area contributed by atoms with Crippen LogP contribution in [0.2, 0.25) is 0 Å². The van der Waals surface area contributed by atoms with Crippen molar-refractivity contribution in [1.82, 2.24) is 0 Å². The number of hydrogen-bond donors (Lipinski definition) is 0. The van der Waals surface area contributed by atoms with Crippen molar-refractivity contribution >= 4 is 0 Å². The second-order valence-corrected chi connectivity index (χ2v) is 6.03. The highest BCUT2D eigenvalue weighted by atomic mass is 14.2. The first kappa shape index (κ1) is 15.7. The minimum atomic E-state index is 0.518. The van der Waals surface area contributed by atoms with Crippen LogP contribution in [0.15, 0.2) is 12.2 Å². The summed E-state index contributed by atoms with van der Waals surface area (Å²) in [6.45, 7) is 11.8. The average molecular weight is 224 g/mol. The second-order valence-electron chi connectivity index (χ2n) is 6.03. The predicted octanol–water partition coefficient (Wildman–Crippen LogP) is 5.98. The molecule has 0 saturated carbocycles. The van der Waals surface area contributed by atoms with Crippen molar-refractivity contribution in [2.45, 2.75) is 79.6 Å². The Kier molecular flexibility index (Phi) is 8.70. The summed E-state index contributed by atoms with van der Waals surface area (Å²) in [5, 5.41) is 0. The lowest BCUT2D eigenvalue weighted by Crippen LogP contribution is -2.15. The van der Waals surface area contributed by atoms with Gasteiger partial charge in [0.1, 0.15) is 0 Å². The Morgan fingerprint density at radius 3 is 2.25 bits per heavy atom. The van der Waals surface area contributed by atoms with Crippen molar-refractivity contribution in [3.8, 4) is 0 Å². The van der Waals surface area contributed by atoms with E-state index in [0.29, 0.717) is 5.41 Å². The van der Waals surface area contributed by atoms with Crippen LogP contribution in [0, 0.1) is 11.3 Å². The molecule has 0 aliphatic carbocycles. The minimum Gasteiger partial charge on any atom is -0.0885 e. The first-order chi connectivity index (χ1) is 7.52. The molecular weight excluding hydrogens is 192 g/mol. The Labute approximate surface area is 104 Å². The van der Waals surface area contributed by atoms with E-state index in [1.54, 1.807) is 0 Å². The molecule has 1 unspecified atom stereocenters. The van der Waals surface area contributed by atoms with E-state index in [1.807, 2.05) is 0 Å².